The molecule has 3 aromatic rings. The number of carbonyl (C=O) groups excluding carboxylic acids is 1. The molecule has 0 aliphatic carbocycles. The van der Waals surface area contributed by atoms with Gasteiger partial charge in [-0.1, -0.05) is 6.07 Å². The van der Waals surface area contributed by atoms with Gasteiger partial charge in [0.1, 0.15) is 4.83 Å². The molecular formula is C11H9N3OS. The Morgan fingerprint density at radius 2 is 2.31 bits per heavy atom. The summed E-state index contributed by atoms with van der Waals surface area (Å²) in [5.41, 5.74) is 7.48. The number of fused-ring (bicyclic) bond motifs is 3. The lowest BCUT2D eigenvalue weighted by molar-refractivity contribution is 0.102. The SMILES string of the molecule is CC(=O)c1sc2nn3ccccc3c2c1N. The van der Waals surface area contributed by atoms with Gasteiger partial charge in [0.05, 0.1) is 21.5 Å². The van der Waals surface area contributed by atoms with Gasteiger partial charge in [-0.25, -0.2) is 4.52 Å². The number of hydrogen-bond acceptors (Lipinski definition) is 4. The molecule has 0 amide bonds. The van der Waals surface area contributed by atoms with Crippen LogP contribution in [0.1, 0.15) is 16.6 Å². The Labute approximate surface area is 95.3 Å². The van der Waals surface area contributed by atoms with Gasteiger partial charge >= 0.3 is 0 Å². The van der Waals surface area contributed by atoms with Crippen molar-refractivity contribution in [3.8, 4) is 0 Å². The lowest BCUT2D eigenvalue weighted by Gasteiger charge is -1.94. The van der Waals surface area contributed by atoms with Crippen LogP contribution in [0.3, 0.4) is 0 Å². The number of rotatable bonds is 1. The Morgan fingerprint density at radius 1 is 1.50 bits per heavy atom. The number of nitrogens with zero attached hydrogens (tertiary/aromatic N) is 2. The predicted molar refractivity (Wildman–Crippen MR) is 65.0 cm³/mol. The number of hydrogen-bond donors (Lipinski definition) is 1. The largest absolute Gasteiger partial charge is 0.397 e. The standard InChI is InChI=1S/C11H9N3OS/c1-6(15)10-9(12)8-7-4-2-3-5-14(7)13-11(8)16-10/h2-5H,12H2,1H3. The van der Waals surface area contributed by atoms with E-state index in [2.05, 4.69) is 5.10 Å². The van der Waals surface area contributed by atoms with E-state index < -0.39 is 0 Å². The van der Waals surface area contributed by atoms with E-state index >= 15 is 0 Å². The first-order chi connectivity index (χ1) is 7.68. The first-order valence-electron chi connectivity index (χ1n) is 4.85. The molecule has 80 valence electrons. The fourth-order valence-corrected chi connectivity index (χ4v) is 2.82. The number of Topliss-reactive ketones (excluding diaryl/α,β-unsaturated/α-hetero) is 1. The maximum absolute atomic E-state index is 11.4. The van der Waals surface area contributed by atoms with Gasteiger partial charge in [0.2, 0.25) is 0 Å². The molecule has 3 heterocycles. The van der Waals surface area contributed by atoms with Crippen LogP contribution in [0.4, 0.5) is 5.69 Å². The van der Waals surface area contributed by atoms with Gasteiger partial charge in [-0.05, 0) is 12.1 Å². The van der Waals surface area contributed by atoms with E-state index in [0.717, 1.165) is 15.7 Å². The highest BCUT2D eigenvalue weighted by atomic mass is 32.1. The molecule has 3 rings (SSSR count). The van der Waals surface area contributed by atoms with E-state index in [1.807, 2.05) is 24.4 Å². The van der Waals surface area contributed by atoms with Crippen LogP contribution in [-0.4, -0.2) is 15.4 Å². The number of nitrogens with two attached hydrogens (primary N) is 1. The van der Waals surface area contributed by atoms with Crippen molar-refractivity contribution in [2.24, 2.45) is 0 Å². The van der Waals surface area contributed by atoms with E-state index in [9.17, 15) is 4.79 Å². The molecule has 0 saturated heterocycles. The third-order valence-corrected chi connectivity index (χ3v) is 3.73. The molecule has 5 heteroatoms. The van der Waals surface area contributed by atoms with Crippen LogP contribution in [0.2, 0.25) is 0 Å². The zero-order chi connectivity index (χ0) is 11.3. The van der Waals surface area contributed by atoms with E-state index in [-0.39, 0.29) is 5.78 Å². The van der Waals surface area contributed by atoms with Gasteiger partial charge < -0.3 is 5.73 Å². The summed E-state index contributed by atoms with van der Waals surface area (Å²) in [5.74, 6) is -0.00502. The summed E-state index contributed by atoms with van der Waals surface area (Å²) in [7, 11) is 0. The number of ketones is 1. The zero-order valence-corrected chi connectivity index (χ0v) is 9.41. The summed E-state index contributed by atoms with van der Waals surface area (Å²) in [4.78, 5) is 12.8. The summed E-state index contributed by atoms with van der Waals surface area (Å²) in [5, 5.41) is 5.27. The van der Waals surface area contributed by atoms with Crippen LogP contribution in [0.5, 0.6) is 0 Å². The smallest absolute Gasteiger partial charge is 0.171 e. The van der Waals surface area contributed by atoms with Gasteiger partial charge in [0, 0.05) is 13.1 Å². The fraction of sp³-hybridized carbons (Fsp3) is 0.0909. The van der Waals surface area contributed by atoms with Crippen molar-refractivity contribution in [3.05, 3.63) is 29.3 Å². The third kappa shape index (κ3) is 1.09. The molecule has 0 atom stereocenters. The van der Waals surface area contributed by atoms with Crippen molar-refractivity contribution >= 4 is 38.5 Å². The van der Waals surface area contributed by atoms with Crippen molar-refractivity contribution in [2.75, 3.05) is 5.73 Å². The topological polar surface area (TPSA) is 60.4 Å². The summed E-state index contributed by atoms with van der Waals surface area (Å²) in [6.07, 6.45) is 1.87. The number of anilines is 1. The van der Waals surface area contributed by atoms with Gasteiger partial charge in [0.25, 0.3) is 0 Å². The van der Waals surface area contributed by atoms with Crippen LogP contribution in [0.15, 0.2) is 24.4 Å². The molecule has 0 saturated carbocycles. The summed E-state index contributed by atoms with van der Waals surface area (Å²) in [6, 6.07) is 5.79. The van der Waals surface area contributed by atoms with Crippen LogP contribution < -0.4 is 5.73 Å². The Bertz CT molecular complexity index is 710. The first-order valence-corrected chi connectivity index (χ1v) is 5.66. The second kappa shape index (κ2) is 3.05. The minimum Gasteiger partial charge on any atom is -0.397 e. The van der Waals surface area contributed by atoms with E-state index in [0.29, 0.717) is 10.6 Å². The maximum atomic E-state index is 11.4. The molecule has 2 N–H and O–H groups in total. The number of nitrogen functional groups attached to an aromatic ring is 1. The molecule has 0 aliphatic heterocycles. The van der Waals surface area contributed by atoms with Crippen molar-refractivity contribution in [2.45, 2.75) is 6.92 Å². The second-order valence-electron chi connectivity index (χ2n) is 3.61. The molecule has 0 aliphatic rings. The molecule has 0 spiro atoms. The second-order valence-corrected chi connectivity index (χ2v) is 4.61. The molecule has 0 aromatic carbocycles. The first kappa shape index (κ1) is 9.35. The van der Waals surface area contributed by atoms with E-state index in [1.165, 1.54) is 18.3 Å². The Hall–Kier alpha value is -1.88. The molecule has 4 nitrogen and oxygen atoms in total. The van der Waals surface area contributed by atoms with Gasteiger partial charge in [0.15, 0.2) is 5.78 Å². The van der Waals surface area contributed by atoms with Gasteiger partial charge in [-0.3, -0.25) is 4.79 Å². The van der Waals surface area contributed by atoms with Crippen LogP contribution in [0, 0.1) is 0 Å². The number of carbonyl (C=O) groups is 1. The maximum Gasteiger partial charge on any atom is 0.171 e. The minimum absolute atomic E-state index is 0.00502. The van der Waals surface area contributed by atoms with Crippen LogP contribution in [-0.2, 0) is 0 Å². The lowest BCUT2D eigenvalue weighted by Crippen LogP contribution is -1.94. The molecular weight excluding hydrogens is 222 g/mol. The van der Waals surface area contributed by atoms with Crippen molar-refractivity contribution in [3.63, 3.8) is 0 Å². The van der Waals surface area contributed by atoms with Crippen LogP contribution >= 0.6 is 11.3 Å². The fourth-order valence-electron chi connectivity index (χ4n) is 1.83. The van der Waals surface area contributed by atoms with E-state index in [1.54, 1.807) is 4.52 Å². The highest BCUT2D eigenvalue weighted by molar-refractivity contribution is 7.21. The molecule has 3 aromatic heterocycles. The highest BCUT2D eigenvalue weighted by Crippen LogP contribution is 2.35. The van der Waals surface area contributed by atoms with Crippen molar-refractivity contribution in [1.29, 1.82) is 0 Å². The van der Waals surface area contributed by atoms with E-state index in [4.69, 9.17) is 5.73 Å². The summed E-state index contributed by atoms with van der Waals surface area (Å²) < 4.78 is 1.78. The number of pyridine rings is 1. The Balaban J connectivity index is 2.50. The molecule has 0 bridgehead atoms. The molecule has 0 fully saturated rings. The van der Waals surface area contributed by atoms with Crippen molar-refractivity contribution < 1.29 is 4.79 Å². The third-order valence-electron chi connectivity index (χ3n) is 2.54. The molecule has 0 unspecified atom stereocenters. The normalized spacial score (nSPS) is 11.3. The Kier molecular flexibility index (Phi) is 1.79. The monoisotopic (exact) mass is 231 g/mol. The minimum atomic E-state index is -0.00502. The van der Waals surface area contributed by atoms with Gasteiger partial charge in [-0.15, -0.1) is 11.3 Å². The quantitative estimate of drug-likeness (QED) is 0.654. The Morgan fingerprint density at radius 3 is 3.06 bits per heavy atom. The summed E-state index contributed by atoms with van der Waals surface area (Å²) in [6.45, 7) is 1.52. The number of aromatic nitrogens is 2. The summed E-state index contributed by atoms with van der Waals surface area (Å²) >= 11 is 1.35. The zero-order valence-electron chi connectivity index (χ0n) is 8.60. The predicted octanol–water partition coefficient (Wildman–Crippen LogP) is 2.33. The number of thiophene rings is 1. The molecule has 16 heavy (non-hydrogen) atoms. The average Bonchev–Trinajstić information content (AvgIpc) is 2.75. The lowest BCUT2D eigenvalue weighted by atomic mass is 10.2. The van der Waals surface area contributed by atoms with Crippen LogP contribution in [0.25, 0.3) is 15.7 Å². The highest BCUT2D eigenvalue weighted by Gasteiger charge is 2.17. The average molecular weight is 231 g/mol. The van der Waals surface area contributed by atoms with Crippen molar-refractivity contribution in [1.82, 2.24) is 9.61 Å². The van der Waals surface area contributed by atoms with Gasteiger partial charge in [-0.2, -0.15) is 5.10 Å². The molecule has 0 radical (unpaired) electrons.